The molecule has 0 unspecified atom stereocenters. The Balaban J connectivity index is 1.32. The van der Waals surface area contributed by atoms with Gasteiger partial charge in [-0.3, -0.25) is 9.48 Å². The van der Waals surface area contributed by atoms with Gasteiger partial charge in [0.1, 0.15) is 11.4 Å². The molecule has 1 aliphatic heterocycles. The molecule has 2 aromatic carbocycles. The van der Waals surface area contributed by atoms with E-state index in [1.807, 2.05) is 13.1 Å². The Morgan fingerprint density at radius 3 is 2.73 bits per heavy atom. The van der Waals surface area contributed by atoms with E-state index in [2.05, 4.69) is 15.4 Å². The van der Waals surface area contributed by atoms with Gasteiger partial charge >= 0.3 is 5.97 Å². The maximum Gasteiger partial charge on any atom is 0.339 e. The minimum Gasteiger partial charge on any atom is -0.478 e. The summed E-state index contributed by atoms with van der Waals surface area (Å²) >= 11 is 0. The summed E-state index contributed by atoms with van der Waals surface area (Å²) in [4.78, 5) is 27.2. The Bertz CT molecular complexity index is 1610. The summed E-state index contributed by atoms with van der Waals surface area (Å²) in [6, 6.07) is 11.9. The summed E-state index contributed by atoms with van der Waals surface area (Å²) in [6.45, 7) is 3.48. The van der Waals surface area contributed by atoms with Crippen LogP contribution in [-0.2, 0) is 11.8 Å². The molecule has 0 radical (unpaired) electrons. The van der Waals surface area contributed by atoms with Crippen molar-refractivity contribution in [3.8, 4) is 16.8 Å². The van der Waals surface area contributed by atoms with Gasteiger partial charge in [-0.15, -0.1) is 5.10 Å². The molecule has 1 aliphatic carbocycles. The molecule has 11 heteroatoms. The minimum atomic E-state index is -1.06. The highest BCUT2D eigenvalue weighted by molar-refractivity contribution is 5.96. The number of aromatic nitrogens is 5. The Hall–Kier alpha value is -4.38. The fourth-order valence-corrected chi connectivity index (χ4v) is 5.85. The van der Waals surface area contributed by atoms with E-state index in [1.54, 1.807) is 57.7 Å². The number of carboxylic acids is 1. The Labute approximate surface area is 236 Å². The second kappa shape index (κ2) is 10.9. The van der Waals surface area contributed by atoms with E-state index in [9.17, 15) is 14.7 Å². The molecule has 3 heterocycles. The van der Waals surface area contributed by atoms with Crippen LogP contribution >= 0.6 is 0 Å². The molecule has 1 N–H and O–H groups in total. The lowest BCUT2D eigenvalue weighted by molar-refractivity contribution is 0.0560. The maximum absolute atomic E-state index is 16.0. The standard InChI is InChI=1S/C30H31FN6O4/c1-3-41-17-20-9-6-12-36(20)29(38)22-11-5-10-21(27(22)31)18-7-4-8-19(13-18)37-28(25(15-32-37)30(39)40)24-14-23(24)26-16-35(2)34-33-26/h4-5,7-8,10-11,13,15-16,20,23-24H,3,6,9,12,14,17H2,1-2H3,(H,39,40)/t20-,23+,24+/m0/s1. The third kappa shape index (κ3) is 5.01. The monoisotopic (exact) mass is 558 g/mol. The SMILES string of the molecule is CCOC[C@@H]1CCCN1C(=O)c1cccc(-c2cccc(-n3ncc(C(=O)O)c3[C@@H]3C[C@H]3c3cn(C)nn3)c2)c1F. The number of carboxylic acid groups (broad SMARTS) is 1. The van der Waals surface area contributed by atoms with Crippen LogP contribution in [0.4, 0.5) is 4.39 Å². The number of aromatic carboxylic acids is 1. The maximum atomic E-state index is 16.0. The summed E-state index contributed by atoms with van der Waals surface area (Å²) < 4.78 is 24.7. The van der Waals surface area contributed by atoms with E-state index < -0.39 is 11.8 Å². The van der Waals surface area contributed by atoms with Gasteiger partial charge in [-0.2, -0.15) is 5.10 Å². The van der Waals surface area contributed by atoms with Crippen LogP contribution in [-0.4, -0.2) is 72.5 Å². The summed E-state index contributed by atoms with van der Waals surface area (Å²) in [5, 5.41) is 22.5. The van der Waals surface area contributed by atoms with Crippen LogP contribution in [0.3, 0.4) is 0 Å². The predicted octanol–water partition coefficient (Wildman–Crippen LogP) is 4.42. The molecule has 10 nitrogen and oxygen atoms in total. The van der Waals surface area contributed by atoms with Gasteiger partial charge in [0.15, 0.2) is 0 Å². The number of hydrogen-bond donors (Lipinski definition) is 1. The first-order valence-electron chi connectivity index (χ1n) is 13.8. The molecule has 1 amide bonds. The topological polar surface area (TPSA) is 115 Å². The molecule has 0 spiro atoms. The number of likely N-dealkylation sites (tertiary alicyclic amines) is 1. The van der Waals surface area contributed by atoms with Crippen molar-refractivity contribution < 1.29 is 23.8 Å². The molecule has 0 bridgehead atoms. The fraction of sp³-hybridized carbons (Fsp3) is 0.367. The van der Waals surface area contributed by atoms with Gasteiger partial charge in [-0.25, -0.2) is 13.9 Å². The number of carbonyl (C=O) groups is 2. The number of amides is 1. The lowest BCUT2D eigenvalue weighted by Gasteiger charge is -2.25. The number of rotatable bonds is 9. The number of halogens is 1. The van der Waals surface area contributed by atoms with E-state index in [4.69, 9.17) is 4.74 Å². The van der Waals surface area contributed by atoms with Crippen LogP contribution in [0, 0.1) is 5.82 Å². The summed E-state index contributed by atoms with van der Waals surface area (Å²) in [6.07, 6.45) is 5.61. The molecule has 2 aromatic heterocycles. The van der Waals surface area contributed by atoms with Gasteiger partial charge < -0.3 is 14.7 Å². The summed E-state index contributed by atoms with van der Waals surface area (Å²) in [7, 11) is 1.79. The number of ether oxygens (including phenoxy) is 1. The Kier molecular flexibility index (Phi) is 7.12. The molecular weight excluding hydrogens is 527 g/mol. The van der Waals surface area contributed by atoms with Crippen molar-refractivity contribution >= 4 is 11.9 Å². The number of nitrogens with zero attached hydrogens (tertiary/aromatic N) is 6. The van der Waals surface area contributed by atoms with Gasteiger partial charge in [0, 0.05) is 43.8 Å². The molecule has 212 valence electrons. The Morgan fingerprint density at radius 1 is 1.15 bits per heavy atom. The van der Waals surface area contributed by atoms with Gasteiger partial charge in [0.2, 0.25) is 0 Å². The van der Waals surface area contributed by atoms with Crippen LogP contribution in [0.1, 0.15) is 70.1 Å². The highest BCUT2D eigenvalue weighted by Crippen LogP contribution is 2.55. The first kappa shape index (κ1) is 26.8. The number of hydrogen-bond acceptors (Lipinski definition) is 6. The van der Waals surface area contributed by atoms with Crippen molar-refractivity contribution in [2.24, 2.45) is 7.05 Å². The van der Waals surface area contributed by atoms with Crippen molar-refractivity contribution in [1.82, 2.24) is 29.7 Å². The van der Waals surface area contributed by atoms with Crippen molar-refractivity contribution in [3.63, 3.8) is 0 Å². The summed E-state index contributed by atoms with van der Waals surface area (Å²) in [5.74, 6) is -2.04. The lowest BCUT2D eigenvalue weighted by Crippen LogP contribution is -2.38. The molecule has 2 aliphatic rings. The zero-order valence-electron chi connectivity index (χ0n) is 22.9. The lowest BCUT2D eigenvalue weighted by atomic mass is 10.0. The van der Waals surface area contributed by atoms with Gasteiger partial charge in [-0.05, 0) is 49.9 Å². The van der Waals surface area contributed by atoms with E-state index in [1.165, 1.54) is 12.3 Å². The molecular formula is C30H31FN6O4. The van der Waals surface area contributed by atoms with Crippen molar-refractivity contribution in [1.29, 1.82) is 0 Å². The van der Waals surface area contributed by atoms with E-state index in [0.717, 1.165) is 25.0 Å². The number of benzene rings is 2. The molecule has 1 saturated carbocycles. The molecule has 4 aromatic rings. The van der Waals surface area contributed by atoms with Crippen LogP contribution in [0.2, 0.25) is 0 Å². The fourth-order valence-electron chi connectivity index (χ4n) is 5.85. The van der Waals surface area contributed by atoms with Gasteiger partial charge in [-0.1, -0.05) is 29.5 Å². The molecule has 3 atom stereocenters. The van der Waals surface area contributed by atoms with E-state index in [0.29, 0.717) is 36.7 Å². The average molecular weight is 559 g/mol. The number of carbonyl (C=O) groups excluding carboxylic acids is 1. The van der Waals surface area contributed by atoms with E-state index in [-0.39, 0.29) is 40.5 Å². The minimum absolute atomic E-state index is 0.0223. The summed E-state index contributed by atoms with van der Waals surface area (Å²) in [5.41, 5.74) is 2.97. The van der Waals surface area contributed by atoms with Gasteiger partial charge in [0.05, 0.1) is 41.5 Å². The molecule has 1 saturated heterocycles. The largest absolute Gasteiger partial charge is 0.478 e. The van der Waals surface area contributed by atoms with Crippen LogP contribution in [0.25, 0.3) is 16.8 Å². The van der Waals surface area contributed by atoms with Crippen LogP contribution in [0.15, 0.2) is 54.9 Å². The van der Waals surface area contributed by atoms with Gasteiger partial charge in [0.25, 0.3) is 5.91 Å². The van der Waals surface area contributed by atoms with E-state index >= 15 is 4.39 Å². The van der Waals surface area contributed by atoms with Crippen LogP contribution < -0.4 is 0 Å². The van der Waals surface area contributed by atoms with Crippen molar-refractivity contribution in [2.45, 2.75) is 44.1 Å². The highest BCUT2D eigenvalue weighted by Gasteiger charge is 2.46. The molecule has 41 heavy (non-hydrogen) atoms. The second-order valence-electron chi connectivity index (χ2n) is 10.6. The zero-order valence-corrected chi connectivity index (χ0v) is 22.9. The third-order valence-corrected chi connectivity index (χ3v) is 7.96. The third-order valence-electron chi connectivity index (χ3n) is 7.96. The average Bonchev–Trinajstić information content (AvgIpc) is 3.30. The van der Waals surface area contributed by atoms with Crippen molar-refractivity contribution in [3.05, 3.63) is 83.2 Å². The Morgan fingerprint density at radius 2 is 1.98 bits per heavy atom. The van der Waals surface area contributed by atoms with Crippen molar-refractivity contribution in [2.75, 3.05) is 19.8 Å². The zero-order chi connectivity index (χ0) is 28.7. The molecule has 6 rings (SSSR count). The highest BCUT2D eigenvalue weighted by atomic mass is 19.1. The number of aryl methyl sites for hydroxylation is 1. The first-order valence-corrected chi connectivity index (χ1v) is 13.8. The molecule has 2 fully saturated rings. The smallest absolute Gasteiger partial charge is 0.339 e. The predicted molar refractivity (Wildman–Crippen MR) is 148 cm³/mol. The quantitative estimate of drug-likeness (QED) is 0.323. The normalized spacial score (nSPS) is 20.0. The van der Waals surface area contributed by atoms with Crippen LogP contribution in [0.5, 0.6) is 0 Å². The second-order valence-corrected chi connectivity index (χ2v) is 10.6. The first-order chi connectivity index (χ1) is 19.9.